The topological polar surface area (TPSA) is 12.5 Å². The monoisotopic (exact) mass is 201 g/mol. The van der Waals surface area contributed by atoms with E-state index in [1.54, 1.807) is 0 Å². The lowest BCUT2D eigenvalue weighted by atomic mass is 9.92. The normalized spacial score (nSPS) is 18.8. The van der Waals surface area contributed by atoms with E-state index in [2.05, 4.69) is 25.7 Å². The van der Waals surface area contributed by atoms with Crippen LogP contribution in [0.4, 0.5) is 0 Å². The van der Waals surface area contributed by atoms with Crippen LogP contribution in [0, 0.1) is 5.41 Å². The van der Waals surface area contributed by atoms with Crippen LogP contribution in [-0.4, -0.2) is 36.2 Å². The molecular weight excluding hydrogens is 182 g/mol. The summed E-state index contributed by atoms with van der Waals surface area (Å²) in [5.74, 6) is 0. The van der Waals surface area contributed by atoms with Gasteiger partial charge in [-0.2, -0.15) is 0 Å². The van der Waals surface area contributed by atoms with E-state index in [4.69, 9.17) is 17.0 Å². The molecule has 0 aromatic carbocycles. The van der Waals surface area contributed by atoms with Crippen molar-refractivity contribution < 1.29 is 4.74 Å². The number of thiocarbonyl (C=S) groups is 1. The van der Waals surface area contributed by atoms with Crippen LogP contribution in [-0.2, 0) is 4.74 Å². The minimum Gasteiger partial charge on any atom is -0.378 e. The molecule has 0 aromatic rings. The molecule has 2 nitrogen and oxygen atoms in total. The fourth-order valence-electron chi connectivity index (χ4n) is 1.38. The van der Waals surface area contributed by atoms with Crippen molar-refractivity contribution in [3.8, 4) is 0 Å². The molecule has 0 atom stereocenters. The molecule has 1 aliphatic heterocycles. The Hall–Kier alpha value is -0.150. The number of hydrogen-bond acceptors (Lipinski definition) is 2. The van der Waals surface area contributed by atoms with Crippen molar-refractivity contribution in [2.75, 3.05) is 26.3 Å². The van der Waals surface area contributed by atoms with Crippen LogP contribution in [0.2, 0.25) is 0 Å². The lowest BCUT2D eigenvalue weighted by Crippen LogP contribution is -2.41. The van der Waals surface area contributed by atoms with E-state index in [0.29, 0.717) is 5.41 Å². The summed E-state index contributed by atoms with van der Waals surface area (Å²) in [6.45, 7) is 10.2. The Bertz CT molecular complexity index is 180. The molecule has 1 fully saturated rings. The van der Waals surface area contributed by atoms with Crippen molar-refractivity contribution >= 4 is 17.2 Å². The molecule has 0 radical (unpaired) electrons. The van der Waals surface area contributed by atoms with Crippen molar-refractivity contribution in [1.82, 2.24) is 4.90 Å². The summed E-state index contributed by atoms with van der Waals surface area (Å²) >= 11 is 5.39. The number of ether oxygens (including phenoxy) is 1. The Kier molecular flexibility index (Phi) is 3.68. The van der Waals surface area contributed by atoms with Gasteiger partial charge < -0.3 is 9.64 Å². The van der Waals surface area contributed by atoms with Gasteiger partial charge in [0.2, 0.25) is 0 Å². The van der Waals surface area contributed by atoms with E-state index in [1.165, 1.54) is 0 Å². The van der Waals surface area contributed by atoms with E-state index in [0.717, 1.165) is 37.7 Å². The molecule has 0 N–H and O–H groups in total. The van der Waals surface area contributed by atoms with Gasteiger partial charge in [0.25, 0.3) is 0 Å². The smallest absolute Gasteiger partial charge is 0.0786 e. The summed E-state index contributed by atoms with van der Waals surface area (Å²) < 4.78 is 5.28. The summed E-state index contributed by atoms with van der Waals surface area (Å²) in [4.78, 5) is 3.36. The highest BCUT2D eigenvalue weighted by Crippen LogP contribution is 2.21. The highest BCUT2D eigenvalue weighted by atomic mass is 32.1. The highest BCUT2D eigenvalue weighted by Gasteiger charge is 2.19. The maximum Gasteiger partial charge on any atom is 0.0786 e. The van der Waals surface area contributed by atoms with Crippen LogP contribution >= 0.6 is 12.2 Å². The molecule has 0 aliphatic carbocycles. The van der Waals surface area contributed by atoms with Gasteiger partial charge in [-0.25, -0.2) is 0 Å². The third-order valence-corrected chi connectivity index (χ3v) is 2.45. The van der Waals surface area contributed by atoms with Gasteiger partial charge in [-0.05, 0) is 5.41 Å². The zero-order chi connectivity index (χ0) is 9.90. The zero-order valence-electron chi connectivity index (χ0n) is 8.80. The molecule has 0 saturated carbocycles. The minimum atomic E-state index is 0.301. The second kappa shape index (κ2) is 4.38. The van der Waals surface area contributed by atoms with E-state index in [1.807, 2.05) is 0 Å². The van der Waals surface area contributed by atoms with Crippen LogP contribution in [0.3, 0.4) is 0 Å². The number of rotatable bonds is 1. The summed E-state index contributed by atoms with van der Waals surface area (Å²) in [7, 11) is 0. The summed E-state index contributed by atoms with van der Waals surface area (Å²) in [5.41, 5.74) is 0.301. The van der Waals surface area contributed by atoms with Gasteiger partial charge in [0.15, 0.2) is 0 Å². The second-order valence-corrected chi connectivity index (χ2v) is 5.20. The van der Waals surface area contributed by atoms with Crippen molar-refractivity contribution in [2.24, 2.45) is 5.41 Å². The SMILES string of the molecule is CC(C)(C)CC(=S)N1CCOCC1. The molecule has 0 aromatic heterocycles. The molecule has 1 heterocycles. The predicted octanol–water partition coefficient (Wildman–Crippen LogP) is 2.08. The molecule has 0 spiro atoms. The van der Waals surface area contributed by atoms with Gasteiger partial charge in [-0.15, -0.1) is 0 Å². The van der Waals surface area contributed by atoms with Gasteiger partial charge in [0.1, 0.15) is 0 Å². The summed E-state index contributed by atoms with van der Waals surface area (Å²) in [6, 6.07) is 0. The first-order valence-electron chi connectivity index (χ1n) is 4.84. The first kappa shape index (κ1) is 10.9. The van der Waals surface area contributed by atoms with Crippen molar-refractivity contribution in [2.45, 2.75) is 27.2 Å². The summed E-state index contributed by atoms with van der Waals surface area (Å²) in [5, 5.41) is 0. The molecule has 1 rings (SSSR count). The fourth-order valence-corrected chi connectivity index (χ4v) is 1.99. The molecular formula is C10H19NOS. The van der Waals surface area contributed by atoms with Crippen molar-refractivity contribution in [3.05, 3.63) is 0 Å². The Morgan fingerprint density at radius 2 is 1.85 bits per heavy atom. The Labute approximate surface area is 86.3 Å². The molecule has 3 heteroatoms. The fraction of sp³-hybridized carbons (Fsp3) is 0.900. The number of morpholine rings is 1. The van der Waals surface area contributed by atoms with Gasteiger partial charge in [0, 0.05) is 19.5 Å². The van der Waals surface area contributed by atoms with Gasteiger partial charge in [0.05, 0.1) is 18.2 Å². The van der Waals surface area contributed by atoms with E-state index < -0.39 is 0 Å². The van der Waals surface area contributed by atoms with E-state index in [9.17, 15) is 0 Å². The zero-order valence-corrected chi connectivity index (χ0v) is 9.62. The number of hydrogen-bond donors (Lipinski definition) is 0. The highest BCUT2D eigenvalue weighted by molar-refractivity contribution is 7.80. The lowest BCUT2D eigenvalue weighted by Gasteiger charge is -2.32. The van der Waals surface area contributed by atoms with Gasteiger partial charge >= 0.3 is 0 Å². The molecule has 0 amide bonds. The first-order chi connectivity index (χ1) is 5.99. The average Bonchev–Trinajstić information content (AvgIpc) is 2.03. The second-order valence-electron chi connectivity index (χ2n) is 4.73. The van der Waals surface area contributed by atoms with Gasteiger partial charge in [-0.1, -0.05) is 33.0 Å². The third-order valence-electron chi connectivity index (χ3n) is 2.05. The van der Waals surface area contributed by atoms with Crippen LogP contribution in [0.1, 0.15) is 27.2 Å². The summed E-state index contributed by atoms with van der Waals surface area (Å²) in [6.07, 6.45) is 1.00. The molecule has 76 valence electrons. The van der Waals surface area contributed by atoms with Crippen LogP contribution in [0.5, 0.6) is 0 Å². The van der Waals surface area contributed by atoms with Crippen LogP contribution in [0.15, 0.2) is 0 Å². The van der Waals surface area contributed by atoms with Crippen LogP contribution < -0.4 is 0 Å². The quantitative estimate of drug-likeness (QED) is 0.603. The first-order valence-corrected chi connectivity index (χ1v) is 5.25. The van der Waals surface area contributed by atoms with Crippen molar-refractivity contribution in [3.63, 3.8) is 0 Å². The predicted molar refractivity (Wildman–Crippen MR) is 59.1 cm³/mol. The Balaban J connectivity index is 2.38. The Morgan fingerprint density at radius 1 is 1.31 bits per heavy atom. The third kappa shape index (κ3) is 4.05. The van der Waals surface area contributed by atoms with Crippen LogP contribution in [0.25, 0.3) is 0 Å². The minimum absolute atomic E-state index is 0.301. The maximum atomic E-state index is 5.39. The molecule has 1 aliphatic rings. The molecule has 1 saturated heterocycles. The molecule has 13 heavy (non-hydrogen) atoms. The number of nitrogens with zero attached hydrogens (tertiary/aromatic N) is 1. The largest absolute Gasteiger partial charge is 0.378 e. The van der Waals surface area contributed by atoms with Gasteiger partial charge in [-0.3, -0.25) is 0 Å². The Morgan fingerprint density at radius 3 is 2.31 bits per heavy atom. The molecule has 0 unspecified atom stereocenters. The lowest BCUT2D eigenvalue weighted by molar-refractivity contribution is 0.0675. The standard InChI is InChI=1S/C10H19NOS/c1-10(2,3)8-9(13)11-4-6-12-7-5-11/h4-8H2,1-3H3. The van der Waals surface area contributed by atoms with E-state index >= 15 is 0 Å². The average molecular weight is 201 g/mol. The maximum absolute atomic E-state index is 5.39. The molecule has 0 bridgehead atoms. The van der Waals surface area contributed by atoms with E-state index in [-0.39, 0.29) is 0 Å². The van der Waals surface area contributed by atoms with Crippen molar-refractivity contribution in [1.29, 1.82) is 0 Å².